The van der Waals surface area contributed by atoms with E-state index >= 15 is 0 Å². The maximum Gasteiger partial charge on any atom is 0.326 e. The largest absolute Gasteiger partial charge is 0.480 e. The molecule has 0 spiro atoms. The van der Waals surface area contributed by atoms with Gasteiger partial charge in [-0.1, -0.05) is 13.8 Å². The number of nitrogens with two attached hydrogens (primary N) is 1. The number of aliphatic carboxylic acids is 1. The third-order valence-electron chi connectivity index (χ3n) is 1.88. The number of carbonyl (C=O) groups excluding carboxylic acids is 2. The van der Waals surface area contributed by atoms with Gasteiger partial charge in [0.15, 0.2) is 0 Å². The third kappa shape index (κ3) is 5.84. The van der Waals surface area contributed by atoms with Crippen molar-refractivity contribution >= 4 is 17.9 Å². The van der Waals surface area contributed by atoms with Crippen molar-refractivity contribution in [2.45, 2.75) is 26.3 Å². The van der Waals surface area contributed by atoms with Gasteiger partial charge in [0, 0.05) is 13.0 Å². The van der Waals surface area contributed by atoms with Crippen molar-refractivity contribution < 1.29 is 19.5 Å². The average Bonchev–Trinajstić information content (AvgIpc) is 2.12. The monoisotopic (exact) mass is 231 g/mol. The first-order valence-electron chi connectivity index (χ1n) is 4.90. The van der Waals surface area contributed by atoms with Gasteiger partial charge in [0.05, 0.1) is 0 Å². The van der Waals surface area contributed by atoms with Crippen LogP contribution >= 0.6 is 0 Å². The van der Waals surface area contributed by atoms with E-state index < -0.39 is 23.9 Å². The molecule has 1 atom stereocenters. The molecule has 0 fully saturated rings. The van der Waals surface area contributed by atoms with Crippen molar-refractivity contribution in [2.75, 3.05) is 6.54 Å². The molecule has 0 aromatic carbocycles. The normalized spacial score (nSPS) is 11.9. The topological polar surface area (TPSA) is 122 Å². The standard InChI is InChI=1S/C9H17N3O4/c1-5(2)7(8(14)15)12-9(16)11-4-3-6(10)13/h5,7H,3-4H2,1-2H3,(H2,10,13)(H,14,15)(H2,11,12,16). The van der Waals surface area contributed by atoms with Gasteiger partial charge in [0.2, 0.25) is 5.91 Å². The number of rotatable bonds is 6. The Kier molecular flexibility index (Phi) is 5.91. The molecule has 0 rings (SSSR count). The minimum Gasteiger partial charge on any atom is -0.480 e. The number of primary amides is 1. The highest BCUT2D eigenvalue weighted by molar-refractivity contribution is 5.83. The number of carbonyl (C=O) groups is 3. The lowest BCUT2D eigenvalue weighted by molar-refractivity contribution is -0.140. The second-order valence-electron chi connectivity index (χ2n) is 3.68. The van der Waals surface area contributed by atoms with E-state index in [0.29, 0.717) is 0 Å². The highest BCUT2D eigenvalue weighted by Crippen LogP contribution is 2.00. The van der Waals surface area contributed by atoms with Gasteiger partial charge < -0.3 is 21.5 Å². The Morgan fingerprint density at radius 1 is 1.31 bits per heavy atom. The van der Waals surface area contributed by atoms with Gasteiger partial charge in [-0.15, -0.1) is 0 Å². The van der Waals surface area contributed by atoms with Crippen LogP contribution in [-0.2, 0) is 9.59 Å². The van der Waals surface area contributed by atoms with Crippen LogP contribution in [0, 0.1) is 5.92 Å². The highest BCUT2D eigenvalue weighted by Gasteiger charge is 2.22. The molecule has 0 heterocycles. The van der Waals surface area contributed by atoms with Crippen molar-refractivity contribution in [3.63, 3.8) is 0 Å². The summed E-state index contributed by atoms with van der Waals surface area (Å²) in [6.45, 7) is 3.45. The van der Waals surface area contributed by atoms with Crippen LogP contribution in [0.3, 0.4) is 0 Å². The Balaban J connectivity index is 4.01. The summed E-state index contributed by atoms with van der Waals surface area (Å²) < 4.78 is 0. The van der Waals surface area contributed by atoms with Crippen LogP contribution in [0.25, 0.3) is 0 Å². The first-order chi connectivity index (χ1) is 7.34. The zero-order chi connectivity index (χ0) is 12.7. The van der Waals surface area contributed by atoms with E-state index in [-0.39, 0.29) is 18.9 Å². The smallest absolute Gasteiger partial charge is 0.326 e. The fourth-order valence-corrected chi connectivity index (χ4v) is 1.01. The summed E-state index contributed by atoms with van der Waals surface area (Å²) in [5.41, 5.74) is 4.87. The minimum absolute atomic E-state index is 0.0207. The molecule has 0 bridgehead atoms. The predicted octanol–water partition coefficient (Wildman–Crippen LogP) is -0.730. The highest BCUT2D eigenvalue weighted by atomic mass is 16.4. The fraction of sp³-hybridized carbons (Fsp3) is 0.667. The fourth-order valence-electron chi connectivity index (χ4n) is 1.01. The molecule has 5 N–H and O–H groups in total. The molecule has 7 nitrogen and oxygen atoms in total. The van der Waals surface area contributed by atoms with Crippen LogP contribution in [0.2, 0.25) is 0 Å². The van der Waals surface area contributed by atoms with Crippen molar-refractivity contribution in [3.05, 3.63) is 0 Å². The van der Waals surface area contributed by atoms with E-state index in [1.54, 1.807) is 13.8 Å². The first-order valence-corrected chi connectivity index (χ1v) is 4.90. The summed E-state index contributed by atoms with van der Waals surface area (Å²) in [6, 6.07) is -1.57. The molecule has 7 heteroatoms. The van der Waals surface area contributed by atoms with E-state index in [9.17, 15) is 14.4 Å². The number of urea groups is 1. The Morgan fingerprint density at radius 2 is 1.88 bits per heavy atom. The van der Waals surface area contributed by atoms with Crippen LogP contribution < -0.4 is 16.4 Å². The lowest BCUT2D eigenvalue weighted by Gasteiger charge is -2.18. The lowest BCUT2D eigenvalue weighted by atomic mass is 10.1. The number of hydrogen-bond acceptors (Lipinski definition) is 3. The van der Waals surface area contributed by atoms with Crippen LogP contribution in [0.5, 0.6) is 0 Å². The molecule has 16 heavy (non-hydrogen) atoms. The maximum atomic E-state index is 11.2. The van der Waals surface area contributed by atoms with Crippen LogP contribution in [0.15, 0.2) is 0 Å². The van der Waals surface area contributed by atoms with Gasteiger partial charge in [-0.25, -0.2) is 9.59 Å². The Hall–Kier alpha value is -1.79. The van der Waals surface area contributed by atoms with Crippen molar-refractivity contribution in [3.8, 4) is 0 Å². The number of carboxylic acid groups (broad SMARTS) is 1. The Bertz CT molecular complexity index is 278. The third-order valence-corrected chi connectivity index (χ3v) is 1.88. The quantitative estimate of drug-likeness (QED) is 0.481. The molecule has 0 saturated carbocycles. The molecule has 1 unspecified atom stereocenters. The zero-order valence-electron chi connectivity index (χ0n) is 9.32. The molecular weight excluding hydrogens is 214 g/mol. The van der Waals surface area contributed by atoms with Crippen LogP contribution in [0.1, 0.15) is 20.3 Å². The summed E-state index contributed by atoms with van der Waals surface area (Å²) in [4.78, 5) is 32.3. The second-order valence-corrected chi connectivity index (χ2v) is 3.68. The van der Waals surface area contributed by atoms with Crippen molar-refractivity contribution in [1.29, 1.82) is 0 Å². The van der Waals surface area contributed by atoms with E-state index in [0.717, 1.165) is 0 Å². The second kappa shape index (κ2) is 6.65. The molecule has 0 aliphatic rings. The Morgan fingerprint density at radius 3 is 2.25 bits per heavy atom. The van der Waals surface area contributed by atoms with E-state index in [2.05, 4.69) is 10.6 Å². The number of carboxylic acids is 1. The minimum atomic E-state index is -1.10. The summed E-state index contributed by atoms with van der Waals surface area (Å²) in [7, 11) is 0. The van der Waals surface area contributed by atoms with E-state index in [1.165, 1.54) is 0 Å². The van der Waals surface area contributed by atoms with E-state index in [4.69, 9.17) is 10.8 Å². The molecule has 3 amide bonds. The van der Waals surface area contributed by atoms with Gasteiger partial charge in [-0.3, -0.25) is 4.79 Å². The number of amides is 3. The predicted molar refractivity (Wildman–Crippen MR) is 56.6 cm³/mol. The van der Waals surface area contributed by atoms with Gasteiger partial charge in [-0.05, 0) is 5.92 Å². The SMILES string of the molecule is CC(C)C(NC(=O)NCCC(N)=O)C(=O)O. The molecule has 0 aliphatic heterocycles. The molecule has 0 aliphatic carbocycles. The average molecular weight is 231 g/mol. The zero-order valence-corrected chi connectivity index (χ0v) is 9.32. The van der Waals surface area contributed by atoms with Crippen molar-refractivity contribution in [1.82, 2.24) is 10.6 Å². The first kappa shape index (κ1) is 14.2. The van der Waals surface area contributed by atoms with Crippen LogP contribution in [-0.4, -0.2) is 35.6 Å². The number of hydrogen-bond donors (Lipinski definition) is 4. The molecule has 0 aromatic rings. The Labute approximate surface area is 93.4 Å². The molecule has 0 radical (unpaired) electrons. The lowest BCUT2D eigenvalue weighted by Crippen LogP contribution is -2.49. The van der Waals surface area contributed by atoms with Gasteiger partial charge in [-0.2, -0.15) is 0 Å². The molecule has 0 aromatic heterocycles. The van der Waals surface area contributed by atoms with Gasteiger partial charge >= 0.3 is 12.0 Å². The van der Waals surface area contributed by atoms with Gasteiger partial charge in [0.1, 0.15) is 6.04 Å². The van der Waals surface area contributed by atoms with Crippen molar-refractivity contribution in [2.24, 2.45) is 11.7 Å². The number of nitrogens with one attached hydrogen (secondary N) is 2. The van der Waals surface area contributed by atoms with Gasteiger partial charge in [0.25, 0.3) is 0 Å². The van der Waals surface area contributed by atoms with Crippen LogP contribution in [0.4, 0.5) is 4.79 Å². The van der Waals surface area contributed by atoms with E-state index in [1.807, 2.05) is 0 Å². The summed E-state index contributed by atoms with van der Waals surface area (Å²) in [5, 5.41) is 13.4. The summed E-state index contributed by atoms with van der Waals surface area (Å²) >= 11 is 0. The molecule has 92 valence electrons. The summed E-state index contributed by atoms with van der Waals surface area (Å²) in [5.74, 6) is -1.85. The molecule has 0 saturated heterocycles. The maximum absolute atomic E-state index is 11.2. The summed E-state index contributed by atoms with van der Waals surface area (Å²) in [6.07, 6.45) is 0.0207. The molecular formula is C9H17N3O4.